The lowest BCUT2D eigenvalue weighted by molar-refractivity contribution is -0.167. The number of carbonyl (C=O) groups is 2. The topological polar surface area (TPSA) is 93.7 Å². The average Bonchev–Trinajstić information content (AvgIpc) is 3.01. The third-order valence-corrected chi connectivity index (χ3v) is 7.79. The van der Waals surface area contributed by atoms with Crippen LogP contribution in [0.15, 0.2) is 54.7 Å². The number of hydrogen-bond donors (Lipinski definition) is 1. The van der Waals surface area contributed by atoms with Gasteiger partial charge in [0, 0.05) is 36.1 Å². The first-order valence-corrected chi connectivity index (χ1v) is 14.0. The molecule has 1 unspecified atom stereocenters. The molecule has 1 saturated heterocycles. The van der Waals surface area contributed by atoms with Gasteiger partial charge in [-0.05, 0) is 47.9 Å². The van der Waals surface area contributed by atoms with E-state index in [2.05, 4.69) is 15.3 Å². The number of rotatable bonds is 7. The quantitative estimate of drug-likeness (QED) is 0.214. The number of benzene rings is 3. The molecule has 2 atom stereocenters. The number of nitrogens with zero attached hydrogens (tertiary/aromatic N) is 3. The van der Waals surface area contributed by atoms with E-state index in [0.717, 1.165) is 39.6 Å². The monoisotopic (exact) mass is 628 g/mol. The number of fused-ring (bicyclic) bond motifs is 1. The van der Waals surface area contributed by atoms with Crippen molar-refractivity contribution in [2.24, 2.45) is 0 Å². The molecule has 5 rings (SSSR count). The maximum Gasteiger partial charge on any atom is 0.411 e. The highest BCUT2D eigenvalue weighted by Gasteiger charge is 2.46. The minimum Gasteiger partial charge on any atom is -0.467 e. The normalized spacial score (nSPS) is 16.0. The molecule has 4 aromatic rings. The minimum absolute atomic E-state index is 0.0772. The van der Waals surface area contributed by atoms with Crippen LogP contribution in [0.25, 0.3) is 22.2 Å². The summed E-state index contributed by atoms with van der Waals surface area (Å²) in [7, 11) is 1.11. The number of nitrogens with one attached hydrogen (secondary N) is 1. The summed E-state index contributed by atoms with van der Waals surface area (Å²) >= 11 is 0. The molecular formula is C32H29F5N4O4. The zero-order chi connectivity index (χ0) is 32.5. The molecule has 13 heteroatoms. The van der Waals surface area contributed by atoms with E-state index >= 15 is 8.78 Å². The Labute approximate surface area is 255 Å². The lowest BCUT2D eigenvalue weighted by Gasteiger charge is -2.38. The van der Waals surface area contributed by atoms with Crippen LogP contribution in [0.4, 0.5) is 27.6 Å². The molecule has 1 N–H and O–H groups in total. The van der Waals surface area contributed by atoms with Crippen molar-refractivity contribution in [1.82, 2.24) is 15.3 Å². The zero-order valence-corrected chi connectivity index (χ0v) is 24.5. The number of hydrogen-bond acceptors (Lipinski definition) is 7. The SMILES string of the molecule is COC(=O)C(Cc1ccc(-c2ncc(C)c(C)n2)c2ccccc12)NC(=O)c1c(F)cc(N2CCOC[C@@H]2C(F)(F)F)cc1F. The Morgan fingerprint density at radius 1 is 1.09 bits per heavy atom. The second-order valence-corrected chi connectivity index (χ2v) is 10.6. The fourth-order valence-electron chi connectivity index (χ4n) is 5.30. The van der Waals surface area contributed by atoms with Crippen LogP contribution in [-0.2, 0) is 20.7 Å². The van der Waals surface area contributed by atoms with Gasteiger partial charge in [-0.15, -0.1) is 0 Å². The van der Waals surface area contributed by atoms with Crippen molar-refractivity contribution in [3.8, 4) is 11.4 Å². The van der Waals surface area contributed by atoms with Crippen LogP contribution >= 0.6 is 0 Å². The molecule has 1 fully saturated rings. The van der Waals surface area contributed by atoms with Gasteiger partial charge in [0.25, 0.3) is 5.91 Å². The first kappa shape index (κ1) is 31.8. The standard InChI is InChI=1S/C32H29F5N4O4/c1-17-15-38-29(39-18(17)2)23-9-8-19(21-6-4-5-7-22(21)23)12-26(31(43)44-3)40-30(42)28-24(33)13-20(14-25(28)34)41-10-11-45-16-27(41)32(35,36)37/h4-9,13-15,26-27H,10-12,16H2,1-3H3,(H,40,42)/t26?,27-/m1/s1. The van der Waals surface area contributed by atoms with Crippen molar-refractivity contribution in [3.63, 3.8) is 0 Å². The maximum atomic E-state index is 15.2. The largest absolute Gasteiger partial charge is 0.467 e. The van der Waals surface area contributed by atoms with E-state index in [-0.39, 0.29) is 19.6 Å². The van der Waals surface area contributed by atoms with E-state index < -0.39 is 59.6 Å². The third kappa shape index (κ3) is 6.58. The van der Waals surface area contributed by atoms with Gasteiger partial charge in [-0.3, -0.25) is 4.79 Å². The molecule has 0 bridgehead atoms. The number of ether oxygens (including phenoxy) is 2. The van der Waals surface area contributed by atoms with Gasteiger partial charge in [0.05, 0.1) is 20.3 Å². The fourth-order valence-corrected chi connectivity index (χ4v) is 5.30. The first-order chi connectivity index (χ1) is 21.4. The van der Waals surface area contributed by atoms with E-state index in [1.54, 1.807) is 24.4 Å². The summed E-state index contributed by atoms with van der Waals surface area (Å²) in [6.45, 7) is 2.74. The number of halogens is 5. The molecule has 0 aliphatic carbocycles. The predicted octanol–water partition coefficient (Wildman–Crippen LogP) is 5.47. The van der Waals surface area contributed by atoms with Gasteiger partial charge in [0.2, 0.25) is 0 Å². The molecule has 0 saturated carbocycles. The second kappa shape index (κ2) is 12.8. The van der Waals surface area contributed by atoms with Crippen molar-refractivity contribution in [1.29, 1.82) is 0 Å². The van der Waals surface area contributed by atoms with Gasteiger partial charge in [-0.2, -0.15) is 13.2 Å². The van der Waals surface area contributed by atoms with Gasteiger partial charge in [0.1, 0.15) is 29.3 Å². The Morgan fingerprint density at radius 2 is 1.78 bits per heavy atom. The zero-order valence-electron chi connectivity index (χ0n) is 24.5. The molecule has 1 aliphatic rings. The lowest BCUT2D eigenvalue weighted by atomic mass is 9.94. The van der Waals surface area contributed by atoms with Gasteiger partial charge in [-0.25, -0.2) is 23.5 Å². The van der Waals surface area contributed by atoms with Crippen molar-refractivity contribution in [3.05, 3.63) is 88.7 Å². The summed E-state index contributed by atoms with van der Waals surface area (Å²) in [5.41, 5.74) is 1.68. The highest BCUT2D eigenvalue weighted by atomic mass is 19.4. The van der Waals surface area contributed by atoms with E-state index in [9.17, 15) is 22.8 Å². The molecular weight excluding hydrogens is 599 g/mol. The summed E-state index contributed by atoms with van der Waals surface area (Å²) in [5, 5.41) is 3.85. The van der Waals surface area contributed by atoms with Crippen LogP contribution in [0.1, 0.15) is 27.2 Å². The van der Waals surface area contributed by atoms with Gasteiger partial charge in [0.15, 0.2) is 5.82 Å². The van der Waals surface area contributed by atoms with E-state index in [0.29, 0.717) is 23.5 Å². The summed E-state index contributed by atoms with van der Waals surface area (Å²) < 4.78 is 80.8. The molecule has 0 spiro atoms. The van der Waals surface area contributed by atoms with Crippen molar-refractivity contribution in [2.75, 3.05) is 31.8 Å². The summed E-state index contributed by atoms with van der Waals surface area (Å²) in [5.74, 6) is -4.41. The smallest absolute Gasteiger partial charge is 0.411 e. The maximum absolute atomic E-state index is 15.2. The number of alkyl halides is 3. The molecule has 2 heterocycles. The van der Waals surface area contributed by atoms with Crippen molar-refractivity contribution >= 4 is 28.3 Å². The third-order valence-electron chi connectivity index (χ3n) is 7.79. The average molecular weight is 629 g/mol. The Bertz CT molecular complexity index is 1740. The van der Waals surface area contributed by atoms with Crippen LogP contribution in [0.2, 0.25) is 0 Å². The number of esters is 1. The Kier molecular flexibility index (Phi) is 9.01. The lowest BCUT2D eigenvalue weighted by Crippen LogP contribution is -2.53. The molecule has 45 heavy (non-hydrogen) atoms. The Balaban J connectivity index is 1.44. The predicted molar refractivity (Wildman–Crippen MR) is 156 cm³/mol. The van der Waals surface area contributed by atoms with Gasteiger partial charge < -0.3 is 19.7 Å². The molecule has 1 aliphatic heterocycles. The number of methoxy groups -OCH3 is 1. The fraction of sp³-hybridized carbons (Fsp3) is 0.312. The molecule has 0 radical (unpaired) electrons. The number of aryl methyl sites for hydroxylation is 2. The highest BCUT2D eigenvalue weighted by molar-refractivity contribution is 5.99. The number of carbonyl (C=O) groups excluding carboxylic acids is 2. The summed E-state index contributed by atoms with van der Waals surface area (Å²) in [4.78, 5) is 35.7. The van der Waals surface area contributed by atoms with Crippen molar-refractivity contribution < 1.29 is 41.0 Å². The van der Waals surface area contributed by atoms with Crippen LogP contribution < -0.4 is 10.2 Å². The van der Waals surface area contributed by atoms with Crippen LogP contribution in [0.5, 0.6) is 0 Å². The van der Waals surface area contributed by atoms with Crippen LogP contribution in [-0.4, -0.2) is 67.0 Å². The first-order valence-electron chi connectivity index (χ1n) is 14.0. The minimum atomic E-state index is -4.72. The highest BCUT2D eigenvalue weighted by Crippen LogP contribution is 2.33. The Hall–Kier alpha value is -4.65. The Morgan fingerprint density at radius 3 is 2.42 bits per heavy atom. The molecule has 236 valence electrons. The number of morpholine rings is 1. The molecule has 1 amide bonds. The second-order valence-electron chi connectivity index (χ2n) is 10.6. The number of aromatic nitrogens is 2. The van der Waals surface area contributed by atoms with Gasteiger partial charge >= 0.3 is 12.1 Å². The van der Waals surface area contributed by atoms with E-state index in [4.69, 9.17) is 9.47 Å². The van der Waals surface area contributed by atoms with Crippen molar-refractivity contribution in [2.45, 2.75) is 38.5 Å². The molecule has 8 nitrogen and oxygen atoms in total. The summed E-state index contributed by atoms with van der Waals surface area (Å²) in [6.07, 6.45) is -3.09. The van der Waals surface area contributed by atoms with Crippen LogP contribution in [0.3, 0.4) is 0 Å². The molecule has 1 aromatic heterocycles. The van der Waals surface area contributed by atoms with Gasteiger partial charge in [-0.1, -0.05) is 36.4 Å². The van der Waals surface area contributed by atoms with Crippen LogP contribution in [0, 0.1) is 25.5 Å². The summed E-state index contributed by atoms with van der Waals surface area (Å²) in [6, 6.07) is 8.70. The van der Waals surface area contributed by atoms with E-state index in [1.807, 2.05) is 32.0 Å². The molecule has 3 aromatic carbocycles. The number of amides is 1. The number of anilines is 1. The van der Waals surface area contributed by atoms with E-state index in [1.165, 1.54) is 0 Å².